The maximum Gasteiger partial charge on any atom is 0.231 e. The summed E-state index contributed by atoms with van der Waals surface area (Å²) in [7, 11) is 0. The number of aromatic nitrogens is 1. The molecule has 1 saturated carbocycles. The number of anilines is 1. The second-order valence-corrected chi connectivity index (χ2v) is 7.02. The van der Waals surface area contributed by atoms with Crippen LogP contribution in [-0.4, -0.2) is 5.16 Å². The molecule has 1 aliphatic rings. The van der Waals surface area contributed by atoms with Crippen LogP contribution in [0.1, 0.15) is 51.1 Å². The lowest BCUT2D eigenvalue weighted by Crippen LogP contribution is -2.26. The van der Waals surface area contributed by atoms with E-state index >= 15 is 0 Å². The van der Waals surface area contributed by atoms with Gasteiger partial charge in [0.2, 0.25) is 5.88 Å². The van der Waals surface area contributed by atoms with Crippen LogP contribution in [0.3, 0.4) is 0 Å². The fourth-order valence-electron chi connectivity index (χ4n) is 3.22. The number of nitrogen functional groups attached to an aromatic ring is 1. The molecule has 2 heterocycles. The quantitative estimate of drug-likeness (QED) is 0.867. The number of nitrogens with zero attached hydrogens (tertiary/aromatic N) is 1. The molecule has 0 spiro atoms. The van der Waals surface area contributed by atoms with E-state index in [1.54, 1.807) is 11.3 Å². The summed E-state index contributed by atoms with van der Waals surface area (Å²) in [6.45, 7) is 4.67. The molecule has 102 valence electrons. The van der Waals surface area contributed by atoms with Gasteiger partial charge in [-0.1, -0.05) is 37.9 Å². The van der Waals surface area contributed by atoms with E-state index in [0.29, 0.717) is 11.8 Å². The van der Waals surface area contributed by atoms with Crippen LogP contribution in [0.4, 0.5) is 5.88 Å². The van der Waals surface area contributed by atoms with E-state index in [9.17, 15) is 0 Å². The number of rotatable bonds is 2. The van der Waals surface area contributed by atoms with Gasteiger partial charge < -0.3 is 10.3 Å². The van der Waals surface area contributed by atoms with E-state index in [-0.39, 0.29) is 5.41 Å². The summed E-state index contributed by atoms with van der Waals surface area (Å²) < 4.78 is 5.30. The molecular weight excluding hydrogens is 256 g/mol. The van der Waals surface area contributed by atoms with E-state index in [2.05, 4.69) is 30.5 Å². The Bertz CT molecular complexity index is 557. The second kappa shape index (κ2) is 4.67. The van der Waals surface area contributed by atoms with Crippen molar-refractivity contribution in [3.8, 4) is 10.4 Å². The highest BCUT2D eigenvalue weighted by atomic mass is 32.1. The highest BCUT2D eigenvalue weighted by molar-refractivity contribution is 7.13. The van der Waals surface area contributed by atoms with Gasteiger partial charge >= 0.3 is 0 Å². The Labute approximate surface area is 117 Å². The zero-order valence-electron chi connectivity index (χ0n) is 11.5. The molecule has 0 aromatic carbocycles. The molecule has 2 aromatic rings. The van der Waals surface area contributed by atoms with E-state index < -0.39 is 0 Å². The molecule has 3 nitrogen and oxygen atoms in total. The van der Waals surface area contributed by atoms with Crippen molar-refractivity contribution in [2.24, 2.45) is 5.41 Å². The van der Waals surface area contributed by atoms with Crippen LogP contribution >= 0.6 is 11.3 Å². The van der Waals surface area contributed by atoms with E-state index in [0.717, 1.165) is 16.1 Å². The Morgan fingerprint density at radius 1 is 1.42 bits per heavy atom. The average molecular weight is 276 g/mol. The maximum absolute atomic E-state index is 6.01. The molecule has 0 amide bonds. The molecule has 1 aliphatic carbocycles. The molecule has 1 atom stereocenters. The summed E-state index contributed by atoms with van der Waals surface area (Å²) in [5, 5.41) is 6.36. The van der Waals surface area contributed by atoms with Crippen LogP contribution in [-0.2, 0) is 0 Å². The number of hydrogen-bond acceptors (Lipinski definition) is 4. The van der Waals surface area contributed by atoms with Gasteiger partial charge in [0.1, 0.15) is 0 Å². The summed E-state index contributed by atoms with van der Waals surface area (Å²) >= 11 is 1.69. The molecule has 0 saturated heterocycles. The summed E-state index contributed by atoms with van der Waals surface area (Å²) in [5.74, 6) is 0.901. The Morgan fingerprint density at radius 3 is 2.95 bits per heavy atom. The Balaban J connectivity index is 2.06. The predicted molar refractivity (Wildman–Crippen MR) is 79.2 cm³/mol. The lowest BCUT2D eigenvalue weighted by atomic mass is 9.67. The minimum absolute atomic E-state index is 0.271. The molecule has 2 N–H and O–H groups in total. The smallest absolute Gasteiger partial charge is 0.231 e. The molecule has 2 aromatic heterocycles. The van der Waals surface area contributed by atoms with Crippen molar-refractivity contribution in [1.82, 2.24) is 5.16 Å². The first kappa shape index (κ1) is 12.7. The van der Waals surface area contributed by atoms with E-state index in [1.165, 1.54) is 25.7 Å². The molecule has 0 radical (unpaired) electrons. The molecule has 0 bridgehead atoms. The average Bonchev–Trinajstić information content (AvgIpc) is 2.97. The van der Waals surface area contributed by atoms with E-state index in [4.69, 9.17) is 10.3 Å². The molecule has 19 heavy (non-hydrogen) atoms. The molecule has 1 fully saturated rings. The Morgan fingerprint density at radius 2 is 2.26 bits per heavy atom. The monoisotopic (exact) mass is 276 g/mol. The van der Waals surface area contributed by atoms with Crippen LogP contribution in [0.5, 0.6) is 0 Å². The first-order valence-electron chi connectivity index (χ1n) is 6.88. The third-order valence-electron chi connectivity index (χ3n) is 4.35. The van der Waals surface area contributed by atoms with Gasteiger partial charge in [0, 0.05) is 10.8 Å². The van der Waals surface area contributed by atoms with Crippen LogP contribution in [0.2, 0.25) is 0 Å². The second-order valence-electron chi connectivity index (χ2n) is 6.07. The SMILES string of the molecule is CC1(C)CCCCC1c1noc(N)c1-c1cccs1. The standard InChI is InChI=1S/C15H20N2OS/c1-15(2)8-4-3-6-10(15)13-12(14(16)18-17-13)11-7-5-9-19-11/h5,7,9-10H,3-4,6,8,16H2,1-2H3. The fourth-order valence-corrected chi connectivity index (χ4v) is 4.01. The molecule has 3 rings (SSSR count). The zero-order valence-corrected chi connectivity index (χ0v) is 12.3. The van der Waals surface area contributed by atoms with Crippen LogP contribution < -0.4 is 5.73 Å². The van der Waals surface area contributed by atoms with Crippen LogP contribution in [0, 0.1) is 5.41 Å². The first-order valence-corrected chi connectivity index (χ1v) is 7.76. The highest BCUT2D eigenvalue weighted by Crippen LogP contribution is 2.50. The number of hydrogen-bond donors (Lipinski definition) is 1. The predicted octanol–water partition coefficient (Wildman–Crippen LogP) is 4.67. The maximum atomic E-state index is 6.01. The minimum Gasteiger partial charge on any atom is -0.367 e. The summed E-state index contributed by atoms with van der Waals surface area (Å²) in [6.07, 6.45) is 5.00. The Hall–Kier alpha value is -1.29. The topological polar surface area (TPSA) is 52.0 Å². The Kier molecular flexibility index (Phi) is 3.13. The van der Waals surface area contributed by atoms with Gasteiger partial charge in [-0.15, -0.1) is 11.3 Å². The van der Waals surface area contributed by atoms with Crippen LogP contribution in [0.25, 0.3) is 10.4 Å². The number of thiophene rings is 1. The normalized spacial score (nSPS) is 22.5. The summed E-state index contributed by atoms with van der Waals surface area (Å²) in [5.41, 5.74) is 8.36. The molecular formula is C15H20N2OS. The zero-order chi connectivity index (χ0) is 13.5. The number of nitrogens with two attached hydrogens (primary N) is 1. The van der Waals surface area contributed by atoms with Gasteiger partial charge in [0.25, 0.3) is 0 Å². The molecule has 0 aliphatic heterocycles. The van der Waals surface area contributed by atoms with Gasteiger partial charge in [-0.25, -0.2) is 0 Å². The lowest BCUT2D eigenvalue weighted by Gasteiger charge is -2.37. The largest absolute Gasteiger partial charge is 0.367 e. The summed E-state index contributed by atoms with van der Waals surface area (Å²) in [4.78, 5) is 1.16. The van der Waals surface area contributed by atoms with Crippen molar-refractivity contribution in [1.29, 1.82) is 0 Å². The van der Waals surface area contributed by atoms with Crippen molar-refractivity contribution in [2.45, 2.75) is 45.4 Å². The van der Waals surface area contributed by atoms with E-state index in [1.807, 2.05) is 6.07 Å². The van der Waals surface area contributed by atoms with Crippen LogP contribution in [0.15, 0.2) is 22.0 Å². The molecule has 1 unspecified atom stereocenters. The lowest BCUT2D eigenvalue weighted by molar-refractivity contribution is 0.192. The van der Waals surface area contributed by atoms with Crippen molar-refractivity contribution >= 4 is 17.2 Å². The van der Waals surface area contributed by atoms with Gasteiger partial charge in [-0.2, -0.15) is 0 Å². The van der Waals surface area contributed by atoms with Crippen molar-refractivity contribution in [3.05, 3.63) is 23.2 Å². The summed E-state index contributed by atoms with van der Waals surface area (Å²) in [6, 6.07) is 4.13. The van der Waals surface area contributed by atoms with Gasteiger partial charge in [-0.3, -0.25) is 0 Å². The molecule has 4 heteroatoms. The van der Waals surface area contributed by atoms with Crippen molar-refractivity contribution in [3.63, 3.8) is 0 Å². The van der Waals surface area contributed by atoms with Gasteiger partial charge in [-0.05, 0) is 29.7 Å². The third-order valence-corrected chi connectivity index (χ3v) is 5.24. The van der Waals surface area contributed by atoms with Gasteiger partial charge in [0.05, 0.1) is 11.3 Å². The van der Waals surface area contributed by atoms with Gasteiger partial charge in [0.15, 0.2) is 0 Å². The van der Waals surface area contributed by atoms with Crippen molar-refractivity contribution < 1.29 is 4.52 Å². The fraction of sp³-hybridized carbons (Fsp3) is 0.533. The minimum atomic E-state index is 0.271. The van der Waals surface area contributed by atoms with Crippen molar-refractivity contribution in [2.75, 3.05) is 5.73 Å². The third kappa shape index (κ3) is 2.18. The first-order chi connectivity index (χ1) is 9.09. The highest BCUT2D eigenvalue weighted by Gasteiger charge is 2.37.